The maximum atomic E-state index is 12.0. The van der Waals surface area contributed by atoms with Crippen LogP contribution in [0.25, 0.3) is 0 Å². The van der Waals surface area contributed by atoms with Crippen molar-refractivity contribution in [3.63, 3.8) is 0 Å². The first-order valence-corrected chi connectivity index (χ1v) is 7.84. The molecule has 0 bridgehead atoms. The highest BCUT2D eigenvalue weighted by atomic mass is 35.5. The number of carbonyl (C=O) groups is 1. The van der Waals surface area contributed by atoms with Crippen molar-refractivity contribution in [1.29, 1.82) is 0 Å². The van der Waals surface area contributed by atoms with E-state index in [1.54, 1.807) is 6.07 Å². The molecular weight excluding hydrogens is 380 g/mol. The lowest BCUT2D eigenvalue weighted by Gasteiger charge is -2.12. The van der Waals surface area contributed by atoms with Gasteiger partial charge in [0.25, 0.3) is 11.6 Å². The average Bonchev–Trinajstić information content (AvgIpc) is 2.63. The molecule has 0 heterocycles. The minimum absolute atomic E-state index is 0.0207. The van der Waals surface area contributed by atoms with Crippen LogP contribution in [0.2, 0.25) is 5.02 Å². The van der Waals surface area contributed by atoms with Gasteiger partial charge in [0, 0.05) is 17.7 Å². The van der Waals surface area contributed by atoms with Crippen LogP contribution >= 0.6 is 11.6 Å². The van der Waals surface area contributed by atoms with E-state index in [2.05, 4.69) is 10.5 Å². The Kier molecular flexibility index (Phi) is 6.39. The van der Waals surface area contributed by atoms with Gasteiger partial charge in [0.1, 0.15) is 5.02 Å². The van der Waals surface area contributed by atoms with Crippen molar-refractivity contribution in [1.82, 2.24) is 5.43 Å². The van der Waals surface area contributed by atoms with E-state index in [1.165, 1.54) is 49.5 Å². The zero-order valence-electron chi connectivity index (χ0n) is 13.9. The molecular formula is C16H13ClN4O6. The molecule has 0 saturated heterocycles. The number of carbonyl (C=O) groups excluding carboxylic acids is 1. The third-order valence-electron chi connectivity index (χ3n) is 3.29. The van der Waals surface area contributed by atoms with Crippen LogP contribution in [0.5, 0.6) is 5.75 Å². The quantitative estimate of drug-likeness (QED) is 0.436. The van der Waals surface area contributed by atoms with Crippen molar-refractivity contribution in [3.05, 3.63) is 73.3 Å². The van der Waals surface area contributed by atoms with E-state index >= 15 is 0 Å². The van der Waals surface area contributed by atoms with Gasteiger partial charge < -0.3 is 4.74 Å². The molecule has 1 N–H and O–H groups in total. The van der Waals surface area contributed by atoms with E-state index in [4.69, 9.17) is 16.3 Å². The molecule has 0 aliphatic rings. The molecule has 0 aliphatic heterocycles. The maximum absolute atomic E-state index is 12.0. The zero-order valence-corrected chi connectivity index (χ0v) is 14.6. The summed E-state index contributed by atoms with van der Waals surface area (Å²) in [5.41, 5.74) is 1.98. The molecule has 1 amide bonds. The van der Waals surface area contributed by atoms with Gasteiger partial charge in [-0.2, -0.15) is 5.10 Å². The monoisotopic (exact) mass is 392 g/mol. The number of hydrogen-bond donors (Lipinski definition) is 1. The fraction of sp³-hybridized carbons (Fsp3) is 0.125. The molecule has 10 nitrogen and oxygen atoms in total. The Bertz CT molecular complexity index is 918. The highest BCUT2D eigenvalue weighted by Crippen LogP contribution is 2.27. The number of hydrazone groups is 1. The molecule has 11 heteroatoms. The topological polar surface area (TPSA) is 137 Å². The number of rotatable bonds is 7. The van der Waals surface area contributed by atoms with Crippen molar-refractivity contribution >= 4 is 35.1 Å². The number of ether oxygens (including phenoxy) is 1. The second kappa shape index (κ2) is 8.72. The Morgan fingerprint density at radius 2 is 1.85 bits per heavy atom. The predicted octanol–water partition coefficient (Wildman–Crippen LogP) is 3.07. The summed E-state index contributed by atoms with van der Waals surface area (Å²) >= 11 is 5.71. The van der Waals surface area contributed by atoms with Crippen molar-refractivity contribution in [3.8, 4) is 5.75 Å². The zero-order chi connectivity index (χ0) is 20.0. The molecule has 2 rings (SSSR count). The molecule has 0 saturated carbocycles. The number of nitro groups is 2. The van der Waals surface area contributed by atoms with Gasteiger partial charge in [-0.15, -0.1) is 0 Å². The Morgan fingerprint density at radius 3 is 2.52 bits per heavy atom. The van der Waals surface area contributed by atoms with E-state index < -0.39 is 21.9 Å². The lowest BCUT2D eigenvalue weighted by atomic mass is 10.2. The summed E-state index contributed by atoms with van der Waals surface area (Å²) in [6.45, 7) is 1.40. The van der Waals surface area contributed by atoms with Gasteiger partial charge in [0.05, 0.1) is 16.1 Å². The van der Waals surface area contributed by atoms with Gasteiger partial charge in [0.15, 0.2) is 11.9 Å². The van der Waals surface area contributed by atoms with E-state index in [0.29, 0.717) is 5.56 Å². The fourth-order valence-corrected chi connectivity index (χ4v) is 2.15. The number of halogens is 1. The molecule has 2 aromatic rings. The summed E-state index contributed by atoms with van der Waals surface area (Å²) in [7, 11) is 0. The van der Waals surface area contributed by atoms with Crippen molar-refractivity contribution in [2.24, 2.45) is 5.10 Å². The maximum Gasteiger partial charge on any atom is 0.310 e. The second-order valence-corrected chi connectivity index (χ2v) is 5.59. The van der Waals surface area contributed by atoms with E-state index in [9.17, 15) is 25.0 Å². The third kappa shape index (κ3) is 5.22. The number of para-hydroxylation sites is 2. The van der Waals surface area contributed by atoms with Crippen LogP contribution in [0.15, 0.2) is 47.6 Å². The van der Waals surface area contributed by atoms with Crippen molar-refractivity contribution in [2.75, 3.05) is 0 Å². The van der Waals surface area contributed by atoms with Crippen LogP contribution < -0.4 is 10.2 Å². The highest BCUT2D eigenvalue weighted by Gasteiger charge is 2.20. The fourth-order valence-electron chi connectivity index (χ4n) is 1.96. The van der Waals surface area contributed by atoms with Crippen LogP contribution in [0, 0.1) is 20.2 Å². The highest BCUT2D eigenvalue weighted by molar-refractivity contribution is 6.32. The summed E-state index contributed by atoms with van der Waals surface area (Å²) in [5, 5.41) is 25.4. The Labute approximate surface area is 157 Å². The minimum atomic E-state index is -1.07. The summed E-state index contributed by atoms with van der Waals surface area (Å²) in [6, 6.07) is 9.67. The first kappa shape index (κ1) is 19.8. The summed E-state index contributed by atoms with van der Waals surface area (Å²) in [5.74, 6) is -0.713. The van der Waals surface area contributed by atoms with Gasteiger partial charge >= 0.3 is 5.69 Å². The molecule has 0 spiro atoms. The average molecular weight is 393 g/mol. The number of benzene rings is 2. The normalized spacial score (nSPS) is 11.8. The lowest BCUT2D eigenvalue weighted by Crippen LogP contribution is -2.33. The van der Waals surface area contributed by atoms with Crippen molar-refractivity contribution in [2.45, 2.75) is 13.0 Å². The molecule has 140 valence electrons. The first-order valence-electron chi connectivity index (χ1n) is 7.46. The van der Waals surface area contributed by atoms with Gasteiger partial charge in [-0.1, -0.05) is 29.8 Å². The van der Waals surface area contributed by atoms with E-state index in [-0.39, 0.29) is 22.1 Å². The van der Waals surface area contributed by atoms with Gasteiger partial charge in [-0.3, -0.25) is 25.0 Å². The Morgan fingerprint density at radius 1 is 1.19 bits per heavy atom. The molecule has 2 aromatic carbocycles. The van der Waals surface area contributed by atoms with E-state index in [1.807, 2.05) is 0 Å². The minimum Gasteiger partial charge on any atom is -0.474 e. The number of amides is 1. The number of hydrogen-bond acceptors (Lipinski definition) is 7. The molecule has 0 aromatic heterocycles. The van der Waals surface area contributed by atoms with Crippen LogP contribution in [0.4, 0.5) is 11.4 Å². The van der Waals surface area contributed by atoms with Crippen LogP contribution in [0.1, 0.15) is 12.5 Å². The molecule has 1 atom stereocenters. The van der Waals surface area contributed by atoms with Crippen LogP contribution in [0.3, 0.4) is 0 Å². The third-order valence-corrected chi connectivity index (χ3v) is 3.61. The largest absolute Gasteiger partial charge is 0.474 e. The van der Waals surface area contributed by atoms with Gasteiger partial charge in [0.2, 0.25) is 0 Å². The summed E-state index contributed by atoms with van der Waals surface area (Å²) < 4.78 is 5.30. The number of nitrogens with zero attached hydrogens (tertiary/aromatic N) is 3. The number of nitro benzene ring substituents is 2. The van der Waals surface area contributed by atoms with Crippen LogP contribution in [-0.2, 0) is 4.79 Å². The molecule has 27 heavy (non-hydrogen) atoms. The van der Waals surface area contributed by atoms with E-state index in [0.717, 1.165) is 0 Å². The van der Waals surface area contributed by atoms with Gasteiger partial charge in [-0.25, -0.2) is 5.43 Å². The Hall–Kier alpha value is -3.53. The SMILES string of the molecule is C[C@@H](Oc1ccccc1[N+](=O)[O-])C(=O)N/N=C\c1ccc(Cl)c([N+](=O)[O-])c1. The molecule has 0 unspecified atom stereocenters. The summed E-state index contributed by atoms with van der Waals surface area (Å²) in [4.78, 5) is 32.5. The predicted molar refractivity (Wildman–Crippen MR) is 97.0 cm³/mol. The Balaban J connectivity index is 2.01. The standard InChI is InChI=1S/C16H13ClN4O6/c1-10(27-15-5-3-2-4-13(15)20(23)24)16(22)19-18-9-11-6-7-12(17)14(8-11)21(25)26/h2-10H,1H3,(H,19,22)/b18-9-/t10-/m1/s1. The smallest absolute Gasteiger partial charge is 0.310 e. The van der Waals surface area contributed by atoms with Crippen LogP contribution in [-0.4, -0.2) is 28.1 Å². The first-order chi connectivity index (χ1) is 12.8. The summed E-state index contributed by atoms with van der Waals surface area (Å²) in [6.07, 6.45) is 0.127. The van der Waals surface area contributed by atoms with Gasteiger partial charge in [-0.05, 0) is 19.1 Å². The molecule has 0 aliphatic carbocycles. The number of nitrogens with one attached hydrogen (secondary N) is 1. The van der Waals surface area contributed by atoms with Crippen molar-refractivity contribution < 1.29 is 19.4 Å². The second-order valence-electron chi connectivity index (χ2n) is 5.19. The molecule has 0 fully saturated rings. The lowest BCUT2D eigenvalue weighted by molar-refractivity contribution is -0.386. The molecule has 0 radical (unpaired) electrons.